The number of amides is 1. The van der Waals surface area contributed by atoms with Gasteiger partial charge >= 0.3 is 0 Å². The van der Waals surface area contributed by atoms with Gasteiger partial charge in [-0.2, -0.15) is 0 Å². The predicted octanol–water partition coefficient (Wildman–Crippen LogP) is 7.71. The molecule has 5 nitrogen and oxygen atoms in total. The maximum Gasteiger partial charge on any atom is 0.270 e. The zero-order valence-electron chi connectivity index (χ0n) is 22.8. The van der Waals surface area contributed by atoms with Crippen molar-refractivity contribution in [1.29, 1.82) is 0 Å². The number of nitrogens with one attached hydrogen (secondary N) is 1. The SMILES string of the molecule is Cc1ccc(-c2ccc(C(=O)NC3CCCCC3)nc2-c2ccc(Cl)c(OCCCN(C)C)c2)c(C(F)F)c1. The lowest BCUT2D eigenvalue weighted by Gasteiger charge is -2.23. The van der Waals surface area contributed by atoms with E-state index in [1.54, 1.807) is 49.4 Å². The van der Waals surface area contributed by atoms with Crippen molar-refractivity contribution in [2.75, 3.05) is 27.2 Å². The van der Waals surface area contributed by atoms with E-state index in [2.05, 4.69) is 10.2 Å². The van der Waals surface area contributed by atoms with E-state index < -0.39 is 6.43 Å². The molecule has 0 saturated heterocycles. The van der Waals surface area contributed by atoms with Crippen LogP contribution in [0.2, 0.25) is 5.02 Å². The first-order valence-electron chi connectivity index (χ1n) is 13.5. The molecule has 208 valence electrons. The lowest BCUT2D eigenvalue weighted by Crippen LogP contribution is -2.36. The van der Waals surface area contributed by atoms with Crippen LogP contribution in [0.25, 0.3) is 22.4 Å². The van der Waals surface area contributed by atoms with E-state index in [9.17, 15) is 13.6 Å². The third-order valence-electron chi connectivity index (χ3n) is 7.01. The Morgan fingerprint density at radius 2 is 1.82 bits per heavy atom. The van der Waals surface area contributed by atoms with Crippen LogP contribution in [0.15, 0.2) is 48.5 Å². The lowest BCUT2D eigenvalue weighted by molar-refractivity contribution is 0.0922. The van der Waals surface area contributed by atoms with E-state index in [4.69, 9.17) is 21.3 Å². The van der Waals surface area contributed by atoms with E-state index in [1.165, 1.54) is 12.5 Å². The van der Waals surface area contributed by atoms with E-state index in [0.717, 1.165) is 44.2 Å². The normalized spacial score (nSPS) is 14.2. The number of ether oxygens (including phenoxy) is 1. The molecule has 0 unspecified atom stereocenters. The molecule has 1 heterocycles. The van der Waals surface area contributed by atoms with Gasteiger partial charge in [-0.1, -0.05) is 54.6 Å². The molecule has 1 saturated carbocycles. The first-order valence-corrected chi connectivity index (χ1v) is 13.9. The van der Waals surface area contributed by atoms with Gasteiger partial charge in [0, 0.05) is 29.3 Å². The largest absolute Gasteiger partial charge is 0.492 e. The van der Waals surface area contributed by atoms with Gasteiger partial charge in [0.15, 0.2) is 0 Å². The first kappa shape index (κ1) is 29.0. The van der Waals surface area contributed by atoms with Crippen molar-refractivity contribution in [1.82, 2.24) is 15.2 Å². The van der Waals surface area contributed by atoms with Gasteiger partial charge in [0.05, 0.1) is 17.3 Å². The van der Waals surface area contributed by atoms with E-state index in [-0.39, 0.29) is 23.2 Å². The second-order valence-electron chi connectivity index (χ2n) is 10.4. The number of benzene rings is 2. The molecule has 0 radical (unpaired) electrons. The van der Waals surface area contributed by atoms with Crippen LogP contribution in [0.4, 0.5) is 8.78 Å². The van der Waals surface area contributed by atoms with Gasteiger partial charge in [0.1, 0.15) is 11.4 Å². The fourth-order valence-electron chi connectivity index (χ4n) is 4.96. The van der Waals surface area contributed by atoms with E-state index in [1.807, 2.05) is 14.1 Å². The zero-order chi connectivity index (χ0) is 27.9. The van der Waals surface area contributed by atoms with E-state index in [0.29, 0.717) is 39.8 Å². The Balaban J connectivity index is 1.75. The van der Waals surface area contributed by atoms with Gasteiger partial charge in [-0.05, 0) is 76.2 Å². The third-order valence-corrected chi connectivity index (χ3v) is 7.32. The summed E-state index contributed by atoms with van der Waals surface area (Å²) in [6.45, 7) is 3.12. The van der Waals surface area contributed by atoms with Crippen molar-refractivity contribution in [3.05, 3.63) is 70.4 Å². The van der Waals surface area contributed by atoms with Crippen molar-refractivity contribution in [2.24, 2.45) is 0 Å². The second-order valence-corrected chi connectivity index (χ2v) is 10.9. The number of carbonyl (C=O) groups is 1. The third kappa shape index (κ3) is 7.55. The fraction of sp³-hybridized carbons (Fsp3) is 0.419. The first-order chi connectivity index (χ1) is 18.7. The predicted molar refractivity (Wildman–Crippen MR) is 153 cm³/mol. The molecule has 0 spiro atoms. The molecule has 1 aromatic heterocycles. The Labute approximate surface area is 234 Å². The molecule has 0 bridgehead atoms. The van der Waals surface area contributed by atoms with E-state index >= 15 is 0 Å². The molecule has 1 aliphatic rings. The molecule has 1 amide bonds. The number of nitrogens with zero attached hydrogens (tertiary/aromatic N) is 2. The van der Waals surface area contributed by atoms with Gasteiger partial charge in [-0.15, -0.1) is 0 Å². The molecular formula is C31H36ClF2N3O2. The van der Waals surface area contributed by atoms with Crippen molar-refractivity contribution in [3.63, 3.8) is 0 Å². The number of alkyl halides is 2. The highest BCUT2D eigenvalue weighted by Crippen LogP contribution is 2.39. The minimum Gasteiger partial charge on any atom is -0.492 e. The average molecular weight is 556 g/mol. The average Bonchev–Trinajstić information content (AvgIpc) is 2.92. The fourth-order valence-corrected chi connectivity index (χ4v) is 5.13. The van der Waals surface area contributed by atoms with Gasteiger partial charge in [0.25, 0.3) is 12.3 Å². The number of hydrogen-bond acceptors (Lipinski definition) is 4. The molecule has 1 aliphatic carbocycles. The summed E-state index contributed by atoms with van der Waals surface area (Å²) in [5.74, 6) is 0.220. The number of hydrogen-bond donors (Lipinski definition) is 1. The quantitative estimate of drug-likeness (QED) is 0.260. The molecule has 3 aromatic rings. The zero-order valence-corrected chi connectivity index (χ0v) is 23.5. The van der Waals surface area contributed by atoms with Crippen LogP contribution >= 0.6 is 11.6 Å². The summed E-state index contributed by atoms with van der Waals surface area (Å²) in [6, 6.07) is 13.7. The highest BCUT2D eigenvalue weighted by atomic mass is 35.5. The number of halogens is 3. The Morgan fingerprint density at radius 3 is 2.54 bits per heavy atom. The van der Waals surface area contributed by atoms with Gasteiger partial charge in [0.2, 0.25) is 0 Å². The number of pyridine rings is 1. The molecule has 0 aliphatic heterocycles. The summed E-state index contributed by atoms with van der Waals surface area (Å²) in [7, 11) is 3.99. The molecule has 39 heavy (non-hydrogen) atoms. The smallest absolute Gasteiger partial charge is 0.270 e. The molecule has 0 atom stereocenters. The van der Waals surface area contributed by atoms with Crippen molar-refractivity contribution < 1.29 is 18.3 Å². The van der Waals surface area contributed by atoms with Crippen LogP contribution in [-0.4, -0.2) is 49.1 Å². The summed E-state index contributed by atoms with van der Waals surface area (Å²) in [4.78, 5) is 20.0. The Kier molecular flexibility index (Phi) is 9.92. The summed E-state index contributed by atoms with van der Waals surface area (Å²) in [6.07, 6.45) is 3.41. The second kappa shape index (κ2) is 13.4. The maximum absolute atomic E-state index is 14.1. The van der Waals surface area contributed by atoms with Crippen molar-refractivity contribution >= 4 is 17.5 Å². The minimum absolute atomic E-state index is 0.0772. The molecule has 1 fully saturated rings. The van der Waals surface area contributed by atoms with Gasteiger partial charge in [-0.25, -0.2) is 13.8 Å². The monoisotopic (exact) mass is 555 g/mol. The molecule has 4 rings (SSSR count). The standard InChI is InChI=1S/C31H36ClF2N3O2/c1-20-10-12-23(25(18-20)30(33)34)24-13-15-27(31(38)35-22-8-5-4-6-9-22)36-29(24)21-11-14-26(32)28(19-21)39-17-7-16-37(2)3/h10-15,18-19,22,30H,4-9,16-17H2,1-3H3,(H,35,38). The van der Waals surface area contributed by atoms with Crippen LogP contribution in [-0.2, 0) is 0 Å². The number of aromatic nitrogens is 1. The maximum atomic E-state index is 14.1. The highest BCUT2D eigenvalue weighted by molar-refractivity contribution is 6.32. The van der Waals surface area contributed by atoms with Crippen LogP contribution in [0.1, 0.15) is 66.6 Å². The van der Waals surface area contributed by atoms with Crippen LogP contribution in [0.3, 0.4) is 0 Å². The van der Waals surface area contributed by atoms with Gasteiger partial charge in [-0.3, -0.25) is 4.79 Å². The minimum atomic E-state index is -2.66. The molecule has 8 heteroatoms. The number of carbonyl (C=O) groups excluding carboxylic acids is 1. The summed E-state index contributed by atoms with van der Waals surface area (Å²) in [5, 5.41) is 3.55. The molecule has 2 aromatic carbocycles. The molecule has 1 N–H and O–H groups in total. The molecular weight excluding hydrogens is 520 g/mol. The topological polar surface area (TPSA) is 54.5 Å². The van der Waals surface area contributed by atoms with Crippen LogP contribution < -0.4 is 10.1 Å². The Morgan fingerprint density at radius 1 is 1.08 bits per heavy atom. The Hall–Kier alpha value is -3.03. The number of rotatable bonds is 10. The summed E-state index contributed by atoms with van der Waals surface area (Å²) >= 11 is 6.44. The Bertz CT molecular complexity index is 1290. The van der Waals surface area contributed by atoms with Crippen molar-refractivity contribution in [3.8, 4) is 28.1 Å². The van der Waals surface area contributed by atoms with Crippen LogP contribution in [0.5, 0.6) is 5.75 Å². The number of aryl methyl sites for hydroxylation is 1. The summed E-state index contributed by atoms with van der Waals surface area (Å²) in [5.41, 5.74) is 2.85. The summed E-state index contributed by atoms with van der Waals surface area (Å²) < 4.78 is 34.2. The van der Waals surface area contributed by atoms with Crippen molar-refractivity contribution in [2.45, 2.75) is 57.9 Å². The van der Waals surface area contributed by atoms with Gasteiger partial charge < -0.3 is 15.0 Å². The lowest BCUT2D eigenvalue weighted by atomic mass is 9.93. The highest BCUT2D eigenvalue weighted by Gasteiger charge is 2.22. The van der Waals surface area contributed by atoms with Crippen LogP contribution in [0, 0.1) is 6.92 Å².